The molecule has 1 amide bonds. The van der Waals surface area contributed by atoms with Crippen molar-refractivity contribution in [1.29, 1.82) is 0 Å². The summed E-state index contributed by atoms with van der Waals surface area (Å²) in [6, 6.07) is 5.15. The molecule has 3 aromatic heterocycles. The van der Waals surface area contributed by atoms with E-state index in [1.807, 2.05) is 25.1 Å². The maximum atomic E-state index is 12.4. The smallest absolute Gasteiger partial charge is 0.255 e. The van der Waals surface area contributed by atoms with E-state index in [1.54, 1.807) is 17.8 Å². The SMILES string of the molecule is Cc1c(C(=O)N[C@@H](C)c2nc(N)n[nH]2)cnn1-c1ccccn1. The lowest BCUT2D eigenvalue weighted by atomic mass is 10.2. The van der Waals surface area contributed by atoms with Crippen molar-refractivity contribution in [3.63, 3.8) is 0 Å². The van der Waals surface area contributed by atoms with Gasteiger partial charge in [-0.3, -0.25) is 9.89 Å². The van der Waals surface area contributed by atoms with Crippen molar-refractivity contribution in [3.8, 4) is 5.82 Å². The molecular weight excluding hydrogens is 296 g/mol. The van der Waals surface area contributed by atoms with Gasteiger partial charge in [0, 0.05) is 6.20 Å². The average Bonchev–Trinajstić information content (AvgIpc) is 3.14. The summed E-state index contributed by atoms with van der Waals surface area (Å²) < 4.78 is 1.62. The zero-order chi connectivity index (χ0) is 16.4. The van der Waals surface area contributed by atoms with Crippen LogP contribution in [0.1, 0.15) is 34.8 Å². The summed E-state index contributed by atoms with van der Waals surface area (Å²) in [5.74, 6) is 1.03. The number of H-pyrrole nitrogens is 1. The molecule has 3 aromatic rings. The first-order chi connectivity index (χ1) is 11.1. The molecule has 0 saturated carbocycles. The van der Waals surface area contributed by atoms with E-state index in [9.17, 15) is 4.79 Å². The number of nitrogens with two attached hydrogens (primary N) is 1. The van der Waals surface area contributed by atoms with Gasteiger partial charge in [0.2, 0.25) is 5.95 Å². The second kappa shape index (κ2) is 5.87. The molecule has 0 unspecified atom stereocenters. The van der Waals surface area contributed by atoms with Crippen LogP contribution in [0.3, 0.4) is 0 Å². The standard InChI is InChI=1S/C14H16N8O/c1-8(12-19-14(15)21-20-12)18-13(23)10-7-17-22(9(10)2)11-5-3-4-6-16-11/h3-8H,1-2H3,(H,18,23)(H3,15,19,20,21)/t8-/m0/s1. The van der Waals surface area contributed by atoms with Crippen molar-refractivity contribution in [2.75, 3.05) is 5.73 Å². The van der Waals surface area contributed by atoms with Crippen LogP contribution in [0.5, 0.6) is 0 Å². The molecule has 0 aliphatic rings. The number of hydrogen-bond acceptors (Lipinski definition) is 6. The van der Waals surface area contributed by atoms with E-state index in [-0.39, 0.29) is 17.9 Å². The topological polar surface area (TPSA) is 127 Å². The van der Waals surface area contributed by atoms with Crippen molar-refractivity contribution in [2.45, 2.75) is 19.9 Å². The van der Waals surface area contributed by atoms with Gasteiger partial charge in [0.25, 0.3) is 5.91 Å². The molecule has 118 valence electrons. The van der Waals surface area contributed by atoms with Gasteiger partial charge in [-0.2, -0.15) is 10.1 Å². The zero-order valence-corrected chi connectivity index (χ0v) is 12.7. The lowest BCUT2D eigenvalue weighted by Gasteiger charge is -2.10. The highest BCUT2D eigenvalue weighted by molar-refractivity contribution is 5.95. The molecule has 0 spiro atoms. The fraction of sp³-hybridized carbons (Fsp3) is 0.214. The summed E-state index contributed by atoms with van der Waals surface area (Å²) in [6.07, 6.45) is 3.19. The maximum Gasteiger partial charge on any atom is 0.255 e. The van der Waals surface area contributed by atoms with E-state index in [4.69, 9.17) is 5.73 Å². The third-order valence-electron chi connectivity index (χ3n) is 3.40. The fourth-order valence-electron chi connectivity index (χ4n) is 2.17. The number of pyridine rings is 1. The Morgan fingerprint density at radius 2 is 2.26 bits per heavy atom. The molecular formula is C14H16N8O. The van der Waals surface area contributed by atoms with Gasteiger partial charge in [0.15, 0.2) is 5.82 Å². The van der Waals surface area contributed by atoms with E-state index in [1.165, 1.54) is 6.20 Å². The van der Waals surface area contributed by atoms with Crippen LogP contribution in [0.2, 0.25) is 0 Å². The van der Waals surface area contributed by atoms with E-state index >= 15 is 0 Å². The highest BCUT2D eigenvalue weighted by atomic mass is 16.1. The quantitative estimate of drug-likeness (QED) is 0.653. The molecule has 0 bridgehead atoms. The molecule has 0 fully saturated rings. The number of nitrogen functional groups attached to an aromatic ring is 1. The Balaban J connectivity index is 1.79. The normalized spacial score (nSPS) is 12.1. The Morgan fingerprint density at radius 1 is 1.43 bits per heavy atom. The first kappa shape index (κ1) is 14.7. The van der Waals surface area contributed by atoms with Crippen LogP contribution in [0.4, 0.5) is 5.95 Å². The second-order valence-corrected chi connectivity index (χ2v) is 5.02. The summed E-state index contributed by atoms with van der Waals surface area (Å²) >= 11 is 0. The highest BCUT2D eigenvalue weighted by Crippen LogP contribution is 2.14. The van der Waals surface area contributed by atoms with Crippen molar-refractivity contribution in [1.82, 2.24) is 35.3 Å². The summed E-state index contributed by atoms with van der Waals surface area (Å²) in [5.41, 5.74) is 6.63. The van der Waals surface area contributed by atoms with Crippen molar-refractivity contribution in [2.24, 2.45) is 0 Å². The van der Waals surface area contributed by atoms with Crippen LogP contribution < -0.4 is 11.1 Å². The molecule has 0 aromatic carbocycles. The number of anilines is 1. The lowest BCUT2D eigenvalue weighted by Crippen LogP contribution is -2.27. The molecule has 9 nitrogen and oxygen atoms in total. The summed E-state index contributed by atoms with van der Waals surface area (Å²) in [4.78, 5) is 20.6. The predicted octanol–water partition coefficient (Wildman–Crippen LogP) is 0.767. The van der Waals surface area contributed by atoms with Crippen LogP contribution in [-0.2, 0) is 0 Å². The van der Waals surface area contributed by atoms with Gasteiger partial charge in [0.1, 0.15) is 5.82 Å². The molecule has 1 atom stereocenters. The van der Waals surface area contributed by atoms with E-state index in [0.717, 1.165) is 0 Å². The number of hydrogen-bond donors (Lipinski definition) is 3. The average molecular weight is 312 g/mol. The summed E-state index contributed by atoms with van der Waals surface area (Å²) in [5, 5.41) is 13.5. The van der Waals surface area contributed by atoms with Gasteiger partial charge in [-0.15, -0.1) is 5.10 Å². The number of aromatic amines is 1. The third kappa shape index (κ3) is 2.89. The maximum absolute atomic E-state index is 12.4. The van der Waals surface area contributed by atoms with Crippen molar-refractivity contribution in [3.05, 3.63) is 47.7 Å². The fourth-order valence-corrected chi connectivity index (χ4v) is 2.17. The Morgan fingerprint density at radius 3 is 2.91 bits per heavy atom. The second-order valence-electron chi connectivity index (χ2n) is 5.02. The van der Waals surface area contributed by atoms with Crippen molar-refractivity contribution < 1.29 is 4.79 Å². The first-order valence-electron chi connectivity index (χ1n) is 7.01. The Labute approximate surface area is 132 Å². The number of rotatable bonds is 4. The zero-order valence-electron chi connectivity index (χ0n) is 12.7. The van der Waals surface area contributed by atoms with Gasteiger partial charge in [-0.1, -0.05) is 6.07 Å². The summed E-state index contributed by atoms with van der Waals surface area (Å²) in [6.45, 7) is 3.60. The molecule has 3 heterocycles. The largest absolute Gasteiger partial charge is 0.367 e. The van der Waals surface area contributed by atoms with Gasteiger partial charge >= 0.3 is 0 Å². The Kier molecular flexibility index (Phi) is 3.75. The predicted molar refractivity (Wildman–Crippen MR) is 82.8 cm³/mol. The summed E-state index contributed by atoms with van der Waals surface area (Å²) in [7, 11) is 0. The van der Waals surface area contributed by atoms with Crippen LogP contribution in [0.15, 0.2) is 30.6 Å². The van der Waals surface area contributed by atoms with Crippen LogP contribution in [0, 0.1) is 6.92 Å². The van der Waals surface area contributed by atoms with Crippen molar-refractivity contribution >= 4 is 11.9 Å². The molecule has 3 rings (SSSR count). The molecule has 0 aliphatic heterocycles. The first-order valence-corrected chi connectivity index (χ1v) is 7.01. The minimum absolute atomic E-state index is 0.139. The van der Waals surface area contributed by atoms with Gasteiger partial charge in [-0.25, -0.2) is 9.67 Å². The molecule has 4 N–H and O–H groups in total. The van der Waals surface area contributed by atoms with Gasteiger partial charge in [-0.05, 0) is 26.0 Å². The minimum Gasteiger partial charge on any atom is -0.367 e. The number of nitrogens with zero attached hydrogens (tertiary/aromatic N) is 5. The van der Waals surface area contributed by atoms with E-state index in [0.29, 0.717) is 22.9 Å². The van der Waals surface area contributed by atoms with Gasteiger partial charge < -0.3 is 11.1 Å². The number of aromatic nitrogens is 6. The third-order valence-corrected chi connectivity index (χ3v) is 3.40. The number of amides is 1. The number of nitrogens with one attached hydrogen (secondary N) is 2. The molecule has 0 saturated heterocycles. The van der Waals surface area contributed by atoms with E-state index in [2.05, 4.69) is 30.6 Å². The Bertz CT molecular complexity index is 822. The Hall–Kier alpha value is -3.23. The monoisotopic (exact) mass is 312 g/mol. The van der Waals surface area contributed by atoms with Crippen LogP contribution >= 0.6 is 0 Å². The molecule has 0 aliphatic carbocycles. The number of carbonyl (C=O) groups excluding carboxylic acids is 1. The highest BCUT2D eigenvalue weighted by Gasteiger charge is 2.19. The lowest BCUT2D eigenvalue weighted by molar-refractivity contribution is 0.0937. The minimum atomic E-state index is -0.357. The van der Waals surface area contributed by atoms with Gasteiger partial charge in [0.05, 0.1) is 23.5 Å². The van der Waals surface area contributed by atoms with Crippen LogP contribution in [0.25, 0.3) is 5.82 Å². The van der Waals surface area contributed by atoms with E-state index < -0.39 is 0 Å². The molecule has 23 heavy (non-hydrogen) atoms. The van der Waals surface area contributed by atoms with Crippen LogP contribution in [-0.4, -0.2) is 35.9 Å². The number of carbonyl (C=O) groups is 1. The molecule has 0 radical (unpaired) electrons. The molecule has 9 heteroatoms.